The second-order valence-corrected chi connectivity index (χ2v) is 10.6. The second kappa shape index (κ2) is 12.4. The van der Waals surface area contributed by atoms with Gasteiger partial charge >= 0.3 is 0 Å². The first-order valence-electron chi connectivity index (χ1n) is 14.0. The Morgan fingerprint density at radius 2 is 2.02 bits per heavy atom. The van der Waals surface area contributed by atoms with Crippen molar-refractivity contribution in [2.75, 3.05) is 38.7 Å². The Balaban J connectivity index is 1.29. The van der Waals surface area contributed by atoms with E-state index in [9.17, 15) is 14.0 Å². The van der Waals surface area contributed by atoms with Crippen molar-refractivity contribution in [3.05, 3.63) is 83.7 Å². The maximum Gasteiger partial charge on any atom is 0.263 e. The molecule has 2 atom stereocenters. The molecule has 1 saturated heterocycles. The third-order valence-corrected chi connectivity index (χ3v) is 7.59. The summed E-state index contributed by atoms with van der Waals surface area (Å²) < 4.78 is 26.6. The number of methoxy groups -OCH3 is 1. The van der Waals surface area contributed by atoms with Gasteiger partial charge in [0.2, 0.25) is 5.95 Å². The van der Waals surface area contributed by atoms with E-state index in [-0.39, 0.29) is 37.1 Å². The summed E-state index contributed by atoms with van der Waals surface area (Å²) in [5.41, 5.74) is 4.39. The number of hydroxylamine groups is 2. The molecule has 1 aromatic carbocycles. The van der Waals surface area contributed by atoms with Gasteiger partial charge < -0.3 is 14.8 Å². The molecule has 1 N–H and O–H groups in total. The number of ketones is 1. The molecule has 0 radical (unpaired) electrons. The molecule has 222 valence electrons. The first-order valence-corrected chi connectivity index (χ1v) is 14.0. The van der Waals surface area contributed by atoms with E-state index in [1.54, 1.807) is 35.2 Å². The van der Waals surface area contributed by atoms with Crippen molar-refractivity contribution < 1.29 is 28.3 Å². The van der Waals surface area contributed by atoms with Gasteiger partial charge in [-0.2, -0.15) is 14.6 Å². The van der Waals surface area contributed by atoms with E-state index in [4.69, 9.17) is 19.4 Å². The van der Waals surface area contributed by atoms with Crippen LogP contribution in [0.4, 0.5) is 10.2 Å². The number of Topliss-reactive ketones (excluding diaryl/α,β-unsaturated/α-hetero) is 1. The minimum Gasteiger partial charge on any atom is -0.480 e. The number of para-hydroxylation sites is 1. The third-order valence-electron chi connectivity index (χ3n) is 7.59. The Morgan fingerprint density at radius 3 is 2.81 bits per heavy atom. The summed E-state index contributed by atoms with van der Waals surface area (Å²) in [4.78, 5) is 39.6. The van der Waals surface area contributed by atoms with Gasteiger partial charge in [-0.1, -0.05) is 18.2 Å². The summed E-state index contributed by atoms with van der Waals surface area (Å²) in [7, 11) is 1.62. The van der Waals surface area contributed by atoms with Crippen molar-refractivity contribution in [2.45, 2.75) is 25.9 Å². The number of hydrogen-bond acceptors (Lipinski definition) is 9. The van der Waals surface area contributed by atoms with Crippen molar-refractivity contribution in [3.63, 3.8) is 0 Å². The number of rotatable bonds is 10. The number of benzene rings is 1. The fraction of sp³-hybridized carbons (Fsp3) is 0.323. The van der Waals surface area contributed by atoms with Crippen LogP contribution in [-0.4, -0.2) is 69.9 Å². The lowest BCUT2D eigenvalue weighted by atomic mass is 9.91. The number of ether oxygens (including phenoxy) is 2. The summed E-state index contributed by atoms with van der Waals surface area (Å²) in [6.07, 6.45) is 2.90. The van der Waals surface area contributed by atoms with Gasteiger partial charge in [0.25, 0.3) is 5.91 Å². The van der Waals surface area contributed by atoms with E-state index in [2.05, 4.69) is 15.3 Å². The van der Waals surface area contributed by atoms with Gasteiger partial charge in [0, 0.05) is 56.9 Å². The summed E-state index contributed by atoms with van der Waals surface area (Å²) in [5, 5.41) is 9.38. The van der Waals surface area contributed by atoms with Gasteiger partial charge in [-0.15, -0.1) is 0 Å². The van der Waals surface area contributed by atoms with Gasteiger partial charge in [0.1, 0.15) is 11.9 Å². The quantitative estimate of drug-likeness (QED) is 0.276. The molecule has 0 saturated carbocycles. The minimum absolute atomic E-state index is 0.00284. The number of fused-ring (bicyclic) bond motifs is 1. The number of nitrogens with one attached hydrogen (secondary N) is 1. The van der Waals surface area contributed by atoms with Crippen LogP contribution in [0.2, 0.25) is 0 Å². The fourth-order valence-electron chi connectivity index (χ4n) is 5.52. The number of aromatic nitrogens is 4. The molecule has 12 heteroatoms. The Hall–Kier alpha value is -4.52. The predicted molar refractivity (Wildman–Crippen MR) is 154 cm³/mol. The number of halogens is 1. The average Bonchev–Trinajstić information content (AvgIpc) is 3.56. The maximum atomic E-state index is 14.0. The molecule has 11 nitrogen and oxygen atoms in total. The molecule has 0 aliphatic carbocycles. The molecule has 6 rings (SSSR count). The van der Waals surface area contributed by atoms with Crippen LogP contribution in [0.15, 0.2) is 60.9 Å². The molecule has 0 unspecified atom stereocenters. The number of carbonyl (C=O) groups excluding carboxylic acids is 2. The van der Waals surface area contributed by atoms with E-state index < -0.39 is 12.1 Å². The monoisotopic (exact) mass is 586 g/mol. The van der Waals surface area contributed by atoms with Crippen LogP contribution in [0, 0.1) is 18.8 Å². The Morgan fingerprint density at radius 1 is 1.19 bits per heavy atom. The zero-order valence-electron chi connectivity index (χ0n) is 23.8. The standard InChI is InChI=1S/C31H31FN6O5/c1-19-25(15-24(39)12-22-17-37(10-11-41-2)43-30(22)20-8-9-33-27(32)14-20)38(23-6-4-3-5-7-23)36-29(19)21-13-26-31(34-16-21)35-28(40)18-42-26/h3-9,13-14,16,22,30H,10-12,15,17-18H2,1-2H3,(H,34,35,40)/t22-,30+/m1/s1. The zero-order valence-corrected chi connectivity index (χ0v) is 23.8. The molecular weight excluding hydrogens is 555 g/mol. The van der Waals surface area contributed by atoms with Crippen LogP contribution in [-0.2, 0) is 25.6 Å². The molecule has 1 amide bonds. The van der Waals surface area contributed by atoms with E-state index >= 15 is 0 Å². The summed E-state index contributed by atoms with van der Waals surface area (Å²) in [6.45, 7) is 3.33. The molecule has 1 fully saturated rings. The highest BCUT2D eigenvalue weighted by Crippen LogP contribution is 2.37. The first kappa shape index (κ1) is 28.6. The van der Waals surface area contributed by atoms with Gasteiger partial charge in [-0.05, 0) is 48.4 Å². The second-order valence-electron chi connectivity index (χ2n) is 10.6. The lowest BCUT2D eigenvalue weighted by molar-refractivity contribution is -0.155. The third kappa shape index (κ3) is 6.17. The number of pyridine rings is 2. The SMILES string of the molecule is COCCN1C[C@@H](CC(=O)Cc2c(C)c(-c3cnc4c(c3)OCC(=O)N4)nn2-c2ccccc2)[C@H](c2ccnc(F)c2)O1. The van der Waals surface area contributed by atoms with E-state index in [1.165, 1.54) is 12.3 Å². The van der Waals surface area contributed by atoms with Gasteiger partial charge in [-0.3, -0.25) is 14.4 Å². The molecule has 0 spiro atoms. The van der Waals surface area contributed by atoms with Crippen LogP contribution in [0.25, 0.3) is 16.9 Å². The summed E-state index contributed by atoms with van der Waals surface area (Å²) in [5.74, 6) is -0.234. The average molecular weight is 587 g/mol. The number of carbonyl (C=O) groups is 2. The smallest absolute Gasteiger partial charge is 0.263 e. The van der Waals surface area contributed by atoms with E-state index in [0.717, 1.165) is 16.9 Å². The molecule has 43 heavy (non-hydrogen) atoms. The van der Waals surface area contributed by atoms with Crippen molar-refractivity contribution >= 4 is 17.5 Å². The highest BCUT2D eigenvalue weighted by Gasteiger charge is 2.37. The van der Waals surface area contributed by atoms with Crippen LogP contribution >= 0.6 is 0 Å². The highest BCUT2D eigenvalue weighted by molar-refractivity contribution is 5.94. The van der Waals surface area contributed by atoms with E-state index in [0.29, 0.717) is 48.1 Å². The molecule has 5 heterocycles. The zero-order chi connectivity index (χ0) is 29.9. The predicted octanol–water partition coefficient (Wildman–Crippen LogP) is 3.86. The van der Waals surface area contributed by atoms with Crippen molar-refractivity contribution in [1.29, 1.82) is 0 Å². The number of nitrogens with zero attached hydrogens (tertiary/aromatic N) is 5. The molecule has 4 aromatic rings. The largest absolute Gasteiger partial charge is 0.480 e. The van der Waals surface area contributed by atoms with Crippen molar-refractivity contribution in [2.24, 2.45) is 5.92 Å². The van der Waals surface area contributed by atoms with Gasteiger partial charge in [0.05, 0.1) is 23.7 Å². The van der Waals surface area contributed by atoms with Crippen molar-refractivity contribution in [3.8, 4) is 22.7 Å². The number of amides is 1. The maximum absolute atomic E-state index is 14.0. The summed E-state index contributed by atoms with van der Waals surface area (Å²) >= 11 is 0. The lowest BCUT2D eigenvalue weighted by Gasteiger charge is -2.18. The molecule has 3 aromatic heterocycles. The highest BCUT2D eigenvalue weighted by atomic mass is 19.1. The Kier molecular flexibility index (Phi) is 8.23. The molecular formula is C31H31FN6O5. The summed E-state index contributed by atoms with van der Waals surface area (Å²) in [6, 6.07) is 14.5. The number of anilines is 1. The fourth-order valence-corrected chi connectivity index (χ4v) is 5.52. The van der Waals surface area contributed by atoms with Crippen LogP contribution in [0.3, 0.4) is 0 Å². The normalized spacial score (nSPS) is 18.3. The van der Waals surface area contributed by atoms with Gasteiger partial charge in [-0.25, -0.2) is 14.6 Å². The first-order chi connectivity index (χ1) is 20.9. The van der Waals surface area contributed by atoms with Crippen LogP contribution in [0.5, 0.6) is 5.75 Å². The lowest BCUT2D eigenvalue weighted by Crippen LogP contribution is -2.26. The topological polar surface area (TPSA) is 121 Å². The van der Waals surface area contributed by atoms with Gasteiger partial charge in [0.15, 0.2) is 18.2 Å². The minimum atomic E-state index is -0.596. The Bertz CT molecular complexity index is 1650. The molecule has 0 bridgehead atoms. The Labute approximate surface area is 247 Å². The molecule has 2 aliphatic rings. The van der Waals surface area contributed by atoms with E-state index in [1.807, 2.05) is 37.3 Å². The van der Waals surface area contributed by atoms with Crippen molar-refractivity contribution in [1.82, 2.24) is 24.8 Å². The van der Waals surface area contributed by atoms with Crippen LogP contribution < -0.4 is 10.1 Å². The van der Waals surface area contributed by atoms with Crippen LogP contribution in [0.1, 0.15) is 29.3 Å². The molecule has 2 aliphatic heterocycles. The number of hydrogen-bond donors (Lipinski definition) is 1.